The fourth-order valence-electron chi connectivity index (χ4n) is 4.48. The van der Waals surface area contributed by atoms with Gasteiger partial charge in [-0.3, -0.25) is 14.8 Å². The monoisotopic (exact) mass is 399 g/mol. The molecule has 0 atom stereocenters. The van der Waals surface area contributed by atoms with Gasteiger partial charge < -0.3 is 14.8 Å². The van der Waals surface area contributed by atoms with Crippen LogP contribution in [-0.4, -0.2) is 44.5 Å². The van der Waals surface area contributed by atoms with Crippen LogP contribution in [0.4, 0.5) is 5.69 Å². The molecule has 6 nitrogen and oxygen atoms in total. The first-order valence-electron chi connectivity index (χ1n) is 10.4. The van der Waals surface area contributed by atoms with Gasteiger partial charge in [-0.15, -0.1) is 0 Å². The number of nitrogens with one attached hydrogen (secondary N) is 1. The predicted octanol–water partition coefficient (Wildman–Crippen LogP) is 4.21. The minimum atomic E-state index is 0.160. The maximum absolute atomic E-state index is 11.6. The number of anilines is 1. The van der Waals surface area contributed by atoms with Gasteiger partial charge in [0.05, 0.1) is 16.7 Å². The topological polar surface area (TPSA) is 63.1 Å². The second-order valence-electron chi connectivity index (χ2n) is 8.02. The molecule has 0 aliphatic carbocycles. The van der Waals surface area contributed by atoms with Crippen molar-refractivity contribution in [3.05, 3.63) is 54.9 Å². The van der Waals surface area contributed by atoms with Crippen molar-refractivity contribution in [2.45, 2.75) is 25.8 Å². The fourth-order valence-corrected chi connectivity index (χ4v) is 4.48. The number of carbonyl (C=O) groups is 1. The average Bonchev–Trinajstić information content (AvgIpc) is 3.10. The predicted molar refractivity (Wildman–Crippen MR) is 120 cm³/mol. The lowest BCUT2D eigenvalue weighted by molar-refractivity contribution is -0.129. The van der Waals surface area contributed by atoms with Gasteiger partial charge in [0.1, 0.15) is 0 Å². The van der Waals surface area contributed by atoms with Crippen LogP contribution in [-0.2, 0) is 11.8 Å². The largest absolute Gasteiger partial charge is 0.382 e. The number of likely N-dealkylation sites (tertiary alicyclic amines) is 1. The van der Waals surface area contributed by atoms with E-state index < -0.39 is 0 Å². The first-order valence-corrected chi connectivity index (χ1v) is 10.4. The smallest absolute Gasteiger partial charge is 0.219 e. The lowest BCUT2D eigenvalue weighted by Crippen LogP contribution is -2.41. The van der Waals surface area contributed by atoms with E-state index in [0.717, 1.165) is 53.9 Å². The minimum absolute atomic E-state index is 0.160. The molecular weight excluding hydrogens is 374 g/mol. The van der Waals surface area contributed by atoms with Gasteiger partial charge in [0.25, 0.3) is 0 Å². The van der Waals surface area contributed by atoms with E-state index in [4.69, 9.17) is 0 Å². The van der Waals surface area contributed by atoms with Gasteiger partial charge in [-0.1, -0.05) is 18.2 Å². The Morgan fingerprint density at radius 1 is 1.07 bits per heavy atom. The summed E-state index contributed by atoms with van der Waals surface area (Å²) in [5.41, 5.74) is 6.22. The highest BCUT2D eigenvalue weighted by atomic mass is 16.2. The van der Waals surface area contributed by atoms with Crippen molar-refractivity contribution in [2.24, 2.45) is 7.05 Å². The average molecular weight is 399 g/mol. The van der Waals surface area contributed by atoms with E-state index in [0.29, 0.717) is 6.04 Å². The number of hydrogen-bond acceptors (Lipinski definition) is 4. The van der Waals surface area contributed by atoms with E-state index in [1.807, 2.05) is 4.90 Å². The number of rotatable bonds is 3. The van der Waals surface area contributed by atoms with Crippen molar-refractivity contribution in [3.63, 3.8) is 0 Å². The molecule has 30 heavy (non-hydrogen) atoms. The van der Waals surface area contributed by atoms with Crippen LogP contribution < -0.4 is 5.32 Å². The summed E-state index contributed by atoms with van der Waals surface area (Å²) in [7, 11) is 2.09. The molecular formula is C24H25N5O. The van der Waals surface area contributed by atoms with Crippen LogP contribution in [0, 0.1) is 0 Å². The van der Waals surface area contributed by atoms with Crippen LogP contribution in [0.15, 0.2) is 54.9 Å². The second kappa shape index (κ2) is 7.44. The van der Waals surface area contributed by atoms with E-state index in [1.54, 1.807) is 19.3 Å². The Morgan fingerprint density at radius 2 is 1.83 bits per heavy atom. The summed E-state index contributed by atoms with van der Waals surface area (Å²) in [6.07, 6.45) is 5.38. The van der Waals surface area contributed by atoms with Crippen molar-refractivity contribution < 1.29 is 4.79 Å². The van der Waals surface area contributed by atoms with Crippen LogP contribution in [0.3, 0.4) is 0 Å². The van der Waals surface area contributed by atoms with E-state index in [1.165, 1.54) is 10.9 Å². The highest BCUT2D eigenvalue weighted by Gasteiger charge is 2.21. The molecule has 0 spiro atoms. The Hall–Kier alpha value is -3.41. The van der Waals surface area contributed by atoms with Gasteiger partial charge in [0.15, 0.2) is 0 Å². The van der Waals surface area contributed by atoms with E-state index in [2.05, 4.69) is 69.4 Å². The zero-order chi connectivity index (χ0) is 20.7. The summed E-state index contributed by atoms with van der Waals surface area (Å²) in [6.45, 7) is 3.25. The molecule has 4 aromatic rings. The quantitative estimate of drug-likeness (QED) is 0.561. The van der Waals surface area contributed by atoms with E-state index >= 15 is 0 Å². The Balaban J connectivity index is 1.54. The molecule has 1 N–H and O–H groups in total. The van der Waals surface area contributed by atoms with Crippen molar-refractivity contribution in [3.8, 4) is 11.3 Å². The number of fused-ring (bicyclic) bond motifs is 2. The Labute approximate surface area is 175 Å². The van der Waals surface area contributed by atoms with Gasteiger partial charge in [-0.25, -0.2) is 0 Å². The summed E-state index contributed by atoms with van der Waals surface area (Å²) in [6, 6.07) is 15.2. The highest BCUT2D eigenvalue weighted by Crippen LogP contribution is 2.34. The number of nitrogens with zero attached hydrogens (tertiary/aromatic N) is 4. The first kappa shape index (κ1) is 18.6. The number of hydrogen-bond donors (Lipinski definition) is 1. The third kappa shape index (κ3) is 3.28. The van der Waals surface area contributed by atoms with Crippen LogP contribution >= 0.6 is 0 Å². The van der Waals surface area contributed by atoms with Gasteiger partial charge >= 0.3 is 0 Å². The Bertz CT molecular complexity index is 1240. The molecule has 1 saturated heterocycles. The van der Waals surface area contributed by atoms with Crippen molar-refractivity contribution in [2.75, 3.05) is 18.4 Å². The summed E-state index contributed by atoms with van der Waals surface area (Å²) in [5, 5.41) is 4.89. The molecule has 1 fully saturated rings. The number of aromatic nitrogens is 3. The molecule has 5 rings (SSSR count). The molecule has 3 heterocycles. The molecule has 0 saturated carbocycles. The van der Waals surface area contributed by atoms with Crippen molar-refractivity contribution in [1.82, 2.24) is 19.4 Å². The molecule has 1 aliphatic heterocycles. The second-order valence-corrected chi connectivity index (χ2v) is 8.02. The highest BCUT2D eigenvalue weighted by molar-refractivity contribution is 5.97. The van der Waals surface area contributed by atoms with Crippen molar-refractivity contribution >= 4 is 33.5 Å². The minimum Gasteiger partial charge on any atom is -0.382 e. The van der Waals surface area contributed by atoms with Crippen LogP contribution in [0.25, 0.3) is 33.2 Å². The lowest BCUT2D eigenvalue weighted by Gasteiger charge is -2.32. The zero-order valence-corrected chi connectivity index (χ0v) is 17.3. The molecule has 152 valence electrons. The summed E-state index contributed by atoms with van der Waals surface area (Å²) >= 11 is 0. The third-order valence-electron chi connectivity index (χ3n) is 6.11. The number of benzene rings is 2. The first-order chi connectivity index (χ1) is 14.6. The summed E-state index contributed by atoms with van der Waals surface area (Å²) in [5.74, 6) is 0.160. The third-order valence-corrected chi connectivity index (χ3v) is 6.11. The Morgan fingerprint density at radius 3 is 2.60 bits per heavy atom. The molecule has 1 amide bonds. The van der Waals surface area contributed by atoms with E-state index in [9.17, 15) is 4.79 Å². The van der Waals surface area contributed by atoms with Gasteiger partial charge in [0.2, 0.25) is 5.91 Å². The van der Waals surface area contributed by atoms with Crippen LogP contribution in [0.2, 0.25) is 0 Å². The van der Waals surface area contributed by atoms with Gasteiger partial charge in [0, 0.05) is 67.7 Å². The molecule has 0 radical (unpaired) electrons. The molecule has 1 aliphatic rings. The lowest BCUT2D eigenvalue weighted by atomic mass is 10.0. The molecule has 6 heteroatoms. The summed E-state index contributed by atoms with van der Waals surface area (Å²) in [4.78, 5) is 22.7. The molecule has 0 bridgehead atoms. The van der Waals surface area contributed by atoms with Crippen LogP contribution in [0.1, 0.15) is 19.8 Å². The molecule has 2 aromatic heterocycles. The molecule has 0 unspecified atom stereocenters. The van der Waals surface area contributed by atoms with Crippen LogP contribution in [0.5, 0.6) is 0 Å². The number of amides is 1. The number of para-hydroxylation sites is 1. The van der Waals surface area contributed by atoms with E-state index in [-0.39, 0.29) is 5.91 Å². The van der Waals surface area contributed by atoms with Gasteiger partial charge in [-0.2, -0.15) is 0 Å². The standard InChI is InChI=1S/C24H25N5O/c1-16(30)29-11-7-18(8-12-29)27-19-14-20(24-21(15-19)25-9-10-26-24)23-13-17-5-3-4-6-22(17)28(23)2/h3-6,9-10,13-15,18,27H,7-8,11-12H2,1-2H3. The zero-order valence-electron chi connectivity index (χ0n) is 17.3. The number of carbonyl (C=O) groups excluding carboxylic acids is 1. The SMILES string of the molecule is CC(=O)N1CCC(Nc2cc(-c3cc4ccccc4n3C)c3nccnc3c2)CC1. The van der Waals surface area contributed by atoms with Gasteiger partial charge in [-0.05, 0) is 37.1 Å². The molecule has 2 aromatic carbocycles. The number of piperidine rings is 1. The van der Waals surface area contributed by atoms with Crippen molar-refractivity contribution in [1.29, 1.82) is 0 Å². The Kier molecular flexibility index (Phi) is 4.62. The fraction of sp³-hybridized carbons (Fsp3) is 0.292. The normalized spacial score (nSPS) is 15.1. The maximum atomic E-state index is 11.6. The maximum Gasteiger partial charge on any atom is 0.219 e. The summed E-state index contributed by atoms with van der Waals surface area (Å²) < 4.78 is 2.22. The number of aryl methyl sites for hydroxylation is 1.